The van der Waals surface area contributed by atoms with Gasteiger partial charge in [-0.1, -0.05) is 0 Å². The Morgan fingerprint density at radius 1 is 1.39 bits per heavy atom. The molecule has 8 heteroatoms. The number of rotatable bonds is 4. The quantitative estimate of drug-likeness (QED) is 0.664. The number of carbonyl (C=O) groups excluding carboxylic acids is 1. The molecule has 1 aromatic heterocycles. The first-order valence-electron chi connectivity index (χ1n) is 7.87. The molecule has 124 valence electrons. The number of hydrogen-bond donors (Lipinski definition) is 1. The molecule has 0 bridgehead atoms. The number of aromatic nitrogens is 1. The van der Waals surface area contributed by atoms with Crippen LogP contribution in [0.25, 0.3) is 0 Å². The molecule has 0 spiro atoms. The number of nitrogens with two attached hydrogens (primary N) is 1. The molecule has 1 atom stereocenters. The molecule has 1 amide bonds. The van der Waals surface area contributed by atoms with Gasteiger partial charge in [0.25, 0.3) is 11.6 Å². The summed E-state index contributed by atoms with van der Waals surface area (Å²) in [4.78, 5) is 28.0. The predicted molar refractivity (Wildman–Crippen MR) is 83.3 cm³/mol. The van der Waals surface area contributed by atoms with Crippen molar-refractivity contribution in [3.05, 3.63) is 27.9 Å². The third-order valence-corrected chi connectivity index (χ3v) is 4.66. The third-order valence-electron chi connectivity index (χ3n) is 4.66. The fourth-order valence-corrected chi connectivity index (χ4v) is 3.44. The number of ether oxygens (including phenoxy) is 1. The van der Waals surface area contributed by atoms with Crippen molar-refractivity contribution in [1.29, 1.82) is 0 Å². The zero-order valence-electron chi connectivity index (χ0n) is 12.8. The maximum absolute atomic E-state index is 11.6. The molecule has 23 heavy (non-hydrogen) atoms. The lowest BCUT2D eigenvalue weighted by molar-refractivity contribution is -0.385. The van der Waals surface area contributed by atoms with E-state index < -0.39 is 10.8 Å². The van der Waals surface area contributed by atoms with Crippen LogP contribution in [0, 0.1) is 16.0 Å². The number of piperidine rings is 1. The van der Waals surface area contributed by atoms with E-state index in [0.29, 0.717) is 17.8 Å². The molecular formula is C15H20N4O4. The fourth-order valence-electron chi connectivity index (χ4n) is 3.44. The van der Waals surface area contributed by atoms with Gasteiger partial charge in [-0.15, -0.1) is 0 Å². The van der Waals surface area contributed by atoms with Gasteiger partial charge in [-0.2, -0.15) is 0 Å². The lowest BCUT2D eigenvalue weighted by Crippen LogP contribution is -2.39. The number of amides is 1. The normalized spacial score (nSPS) is 22.3. The van der Waals surface area contributed by atoms with Gasteiger partial charge in [0, 0.05) is 25.8 Å². The van der Waals surface area contributed by atoms with Crippen molar-refractivity contribution < 1.29 is 14.5 Å². The van der Waals surface area contributed by atoms with Gasteiger partial charge in [0.05, 0.1) is 16.6 Å². The van der Waals surface area contributed by atoms with Crippen LogP contribution in [0.1, 0.15) is 36.0 Å². The molecule has 0 aromatic carbocycles. The van der Waals surface area contributed by atoms with Gasteiger partial charge in [0.1, 0.15) is 12.0 Å². The van der Waals surface area contributed by atoms with Crippen LogP contribution in [0.15, 0.2) is 12.3 Å². The number of nitrogens with zero attached hydrogens (tertiary/aromatic N) is 3. The summed E-state index contributed by atoms with van der Waals surface area (Å²) in [5, 5.41) is 10.8. The lowest BCUT2D eigenvalue weighted by atomic mass is 9.89. The van der Waals surface area contributed by atoms with Crippen molar-refractivity contribution in [3.8, 4) is 0 Å². The van der Waals surface area contributed by atoms with Crippen LogP contribution < -0.4 is 10.6 Å². The minimum absolute atomic E-state index is 0.106. The maximum Gasteiger partial charge on any atom is 0.288 e. The highest BCUT2D eigenvalue weighted by atomic mass is 16.6. The van der Waals surface area contributed by atoms with E-state index in [-0.39, 0.29) is 11.3 Å². The predicted octanol–water partition coefficient (Wildman–Crippen LogP) is 1.48. The second-order valence-corrected chi connectivity index (χ2v) is 6.06. The van der Waals surface area contributed by atoms with E-state index in [0.717, 1.165) is 45.4 Å². The molecule has 0 aliphatic carbocycles. The fraction of sp³-hybridized carbons (Fsp3) is 0.600. The van der Waals surface area contributed by atoms with Crippen LogP contribution in [-0.2, 0) is 4.74 Å². The molecule has 3 rings (SSSR count). The van der Waals surface area contributed by atoms with Gasteiger partial charge in [0.15, 0.2) is 0 Å². The van der Waals surface area contributed by atoms with Crippen molar-refractivity contribution in [3.63, 3.8) is 0 Å². The monoisotopic (exact) mass is 320 g/mol. The van der Waals surface area contributed by atoms with Gasteiger partial charge in [-0.05, 0) is 31.6 Å². The van der Waals surface area contributed by atoms with Crippen molar-refractivity contribution in [2.75, 3.05) is 24.6 Å². The van der Waals surface area contributed by atoms with E-state index in [4.69, 9.17) is 10.5 Å². The number of primary amides is 1. The van der Waals surface area contributed by atoms with Crippen LogP contribution in [0.2, 0.25) is 0 Å². The minimum Gasteiger partial charge on any atom is -0.378 e. The zero-order chi connectivity index (χ0) is 16.4. The van der Waals surface area contributed by atoms with Crippen LogP contribution in [0.4, 0.5) is 11.5 Å². The summed E-state index contributed by atoms with van der Waals surface area (Å²) < 4.78 is 5.75. The molecule has 2 saturated heterocycles. The average molecular weight is 320 g/mol. The summed E-state index contributed by atoms with van der Waals surface area (Å²) in [5.74, 6) is 0.273. The first kappa shape index (κ1) is 15.7. The molecule has 1 aromatic rings. The van der Waals surface area contributed by atoms with E-state index in [1.54, 1.807) is 0 Å². The molecule has 2 N–H and O–H groups in total. The van der Waals surface area contributed by atoms with Crippen LogP contribution >= 0.6 is 0 Å². The van der Waals surface area contributed by atoms with Gasteiger partial charge < -0.3 is 15.4 Å². The van der Waals surface area contributed by atoms with Gasteiger partial charge in [-0.25, -0.2) is 4.98 Å². The smallest absolute Gasteiger partial charge is 0.288 e. The summed E-state index contributed by atoms with van der Waals surface area (Å²) >= 11 is 0. The van der Waals surface area contributed by atoms with E-state index in [1.165, 1.54) is 12.3 Å². The van der Waals surface area contributed by atoms with Crippen LogP contribution in [-0.4, -0.2) is 41.6 Å². The molecule has 2 fully saturated rings. The minimum atomic E-state index is -0.697. The maximum atomic E-state index is 11.6. The van der Waals surface area contributed by atoms with E-state index in [1.807, 2.05) is 4.90 Å². The Bertz CT molecular complexity index is 607. The van der Waals surface area contributed by atoms with Crippen LogP contribution in [0.3, 0.4) is 0 Å². The molecule has 0 radical (unpaired) electrons. The highest BCUT2D eigenvalue weighted by molar-refractivity contribution is 5.98. The molecule has 0 saturated carbocycles. The Kier molecular flexibility index (Phi) is 4.42. The van der Waals surface area contributed by atoms with Gasteiger partial charge in [-0.3, -0.25) is 14.9 Å². The summed E-state index contributed by atoms with van der Waals surface area (Å²) in [6, 6.07) is 1.21. The number of anilines is 1. The Hall–Kier alpha value is -2.22. The topological polar surface area (TPSA) is 112 Å². The van der Waals surface area contributed by atoms with Crippen LogP contribution in [0.5, 0.6) is 0 Å². The standard InChI is InChI=1S/C15H20N4O4/c16-14(20)12-8-11(19(21)22)9-17-15(12)18-5-3-10(4-6-18)13-2-1-7-23-13/h8-10,13H,1-7H2,(H2,16,20). The summed E-state index contributed by atoms with van der Waals surface area (Å²) in [6.07, 6.45) is 5.68. The summed E-state index contributed by atoms with van der Waals surface area (Å²) in [5.41, 5.74) is 5.25. The van der Waals surface area contributed by atoms with E-state index in [2.05, 4.69) is 4.98 Å². The Labute approximate surface area is 133 Å². The van der Waals surface area contributed by atoms with Crippen molar-refractivity contribution in [2.24, 2.45) is 11.7 Å². The number of nitro groups is 1. The van der Waals surface area contributed by atoms with Crippen molar-refractivity contribution in [1.82, 2.24) is 4.98 Å². The first-order valence-corrected chi connectivity index (χ1v) is 7.87. The lowest BCUT2D eigenvalue weighted by Gasteiger charge is -2.35. The zero-order valence-corrected chi connectivity index (χ0v) is 12.8. The van der Waals surface area contributed by atoms with Gasteiger partial charge >= 0.3 is 0 Å². The average Bonchev–Trinajstić information content (AvgIpc) is 3.09. The largest absolute Gasteiger partial charge is 0.378 e. The van der Waals surface area contributed by atoms with Crippen molar-refractivity contribution >= 4 is 17.4 Å². The van der Waals surface area contributed by atoms with E-state index in [9.17, 15) is 14.9 Å². The Morgan fingerprint density at radius 2 is 2.13 bits per heavy atom. The molecular weight excluding hydrogens is 300 g/mol. The number of carbonyl (C=O) groups is 1. The molecule has 8 nitrogen and oxygen atoms in total. The highest BCUT2D eigenvalue weighted by Crippen LogP contribution is 2.31. The number of pyridine rings is 1. The second-order valence-electron chi connectivity index (χ2n) is 6.06. The first-order chi connectivity index (χ1) is 11.1. The molecule has 3 heterocycles. The highest BCUT2D eigenvalue weighted by Gasteiger charge is 2.31. The summed E-state index contributed by atoms with van der Waals surface area (Å²) in [7, 11) is 0. The molecule has 2 aliphatic heterocycles. The van der Waals surface area contributed by atoms with Gasteiger partial charge in [0.2, 0.25) is 0 Å². The second kappa shape index (κ2) is 6.49. The Balaban J connectivity index is 1.74. The third kappa shape index (κ3) is 3.26. The Morgan fingerprint density at radius 3 is 2.70 bits per heavy atom. The molecule has 1 unspecified atom stereocenters. The van der Waals surface area contributed by atoms with Crippen molar-refractivity contribution in [2.45, 2.75) is 31.8 Å². The van der Waals surface area contributed by atoms with E-state index >= 15 is 0 Å². The SMILES string of the molecule is NC(=O)c1cc([N+](=O)[O-])cnc1N1CCC(C2CCCO2)CC1. The number of hydrogen-bond acceptors (Lipinski definition) is 6. The summed E-state index contributed by atoms with van der Waals surface area (Å²) in [6.45, 7) is 2.34. The molecule has 2 aliphatic rings.